The fourth-order valence-corrected chi connectivity index (χ4v) is 3.53. The van der Waals surface area contributed by atoms with Gasteiger partial charge < -0.3 is 10.1 Å². The molecule has 1 aliphatic rings. The van der Waals surface area contributed by atoms with Crippen LogP contribution in [0.1, 0.15) is 35.4 Å². The van der Waals surface area contributed by atoms with Crippen LogP contribution >= 0.6 is 11.3 Å². The molecule has 2 heterocycles. The number of carbonyl (C=O) groups excluding carboxylic acids is 4. The van der Waals surface area contributed by atoms with Crippen LogP contribution in [0.3, 0.4) is 0 Å². The predicted molar refractivity (Wildman–Crippen MR) is 106 cm³/mol. The Bertz CT molecular complexity index is 878. The second-order valence-electron chi connectivity index (χ2n) is 6.27. The fourth-order valence-electron chi connectivity index (χ4n) is 2.83. The van der Waals surface area contributed by atoms with E-state index in [4.69, 9.17) is 4.74 Å². The van der Waals surface area contributed by atoms with Crippen molar-refractivity contribution in [3.05, 3.63) is 46.7 Å². The van der Waals surface area contributed by atoms with Crippen molar-refractivity contribution in [2.24, 2.45) is 0 Å². The van der Waals surface area contributed by atoms with E-state index in [-0.39, 0.29) is 43.2 Å². The largest absolute Gasteiger partial charge is 0.447 e. The molecule has 1 fully saturated rings. The second-order valence-corrected chi connectivity index (χ2v) is 7.22. The first-order valence-corrected chi connectivity index (χ1v) is 9.84. The Morgan fingerprint density at radius 2 is 1.82 bits per heavy atom. The average Bonchev–Trinajstić information content (AvgIpc) is 3.37. The molecule has 3 rings (SSSR count). The van der Waals surface area contributed by atoms with Gasteiger partial charge in [-0.1, -0.05) is 18.2 Å². The molecule has 1 saturated heterocycles. The van der Waals surface area contributed by atoms with Crippen molar-refractivity contribution in [3.63, 3.8) is 0 Å². The summed E-state index contributed by atoms with van der Waals surface area (Å²) in [5, 5.41) is 4.56. The molecule has 1 aromatic carbocycles. The van der Waals surface area contributed by atoms with Gasteiger partial charge in [0.05, 0.1) is 22.8 Å². The molecule has 1 aliphatic heterocycles. The number of para-hydroxylation sites is 2. The van der Waals surface area contributed by atoms with Crippen molar-refractivity contribution in [2.45, 2.75) is 25.7 Å². The molecule has 0 spiro atoms. The molecule has 0 bridgehead atoms. The zero-order chi connectivity index (χ0) is 19.9. The number of carbonyl (C=O) groups is 4. The maximum Gasteiger partial charge on any atom is 0.414 e. The average molecular weight is 400 g/mol. The first kappa shape index (κ1) is 19.8. The van der Waals surface area contributed by atoms with E-state index in [0.29, 0.717) is 29.4 Å². The first-order chi connectivity index (χ1) is 13.5. The van der Waals surface area contributed by atoms with Crippen LogP contribution in [-0.2, 0) is 14.3 Å². The number of cyclic esters (lactones) is 1. The Morgan fingerprint density at radius 1 is 1.04 bits per heavy atom. The molecule has 2 aromatic rings. The molecule has 0 unspecified atom stereocenters. The molecule has 8 heteroatoms. The molecule has 1 aromatic heterocycles. The number of ether oxygens (including phenoxy) is 1. The van der Waals surface area contributed by atoms with Crippen LogP contribution < -0.4 is 10.2 Å². The standard InChI is InChI=1S/C20H20N2O5S/c23-14(7-9-17(24)18-6-3-13-28-18)8-10-19(25)21-15-4-1-2-5-16(15)22-11-12-27-20(22)26/h1-6,13H,7-12H2,(H,21,25). The van der Waals surface area contributed by atoms with Crippen LogP contribution in [0.25, 0.3) is 0 Å². The first-order valence-electron chi connectivity index (χ1n) is 8.96. The maximum absolute atomic E-state index is 12.2. The Balaban J connectivity index is 1.47. The van der Waals surface area contributed by atoms with Gasteiger partial charge in [0, 0.05) is 25.7 Å². The van der Waals surface area contributed by atoms with Crippen LogP contribution in [0, 0.1) is 0 Å². The molecule has 0 saturated carbocycles. The highest BCUT2D eigenvalue weighted by Gasteiger charge is 2.26. The normalized spacial score (nSPS) is 13.3. The molecule has 146 valence electrons. The highest BCUT2D eigenvalue weighted by atomic mass is 32.1. The summed E-state index contributed by atoms with van der Waals surface area (Å²) in [4.78, 5) is 50.0. The van der Waals surface area contributed by atoms with Crippen LogP contribution in [-0.4, -0.2) is 36.7 Å². The van der Waals surface area contributed by atoms with Crippen LogP contribution in [0.15, 0.2) is 41.8 Å². The van der Waals surface area contributed by atoms with Crippen LogP contribution in [0.4, 0.5) is 16.2 Å². The lowest BCUT2D eigenvalue weighted by atomic mass is 10.1. The molecule has 0 atom stereocenters. The lowest BCUT2D eigenvalue weighted by Crippen LogP contribution is -2.25. The number of hydrogen-bond donors (Lipinski definition) is 1. The summed E-state index contributed by atoms with van der Waals surface area (Å²) in [6.45, 7) is 0.724. The van der Waals surface area contributed by atoms with Crippen molar-refractivity contribution in [1.82, 2.24) is 0 Å². The van der Waals surface area contributed by atoms with Gasteiger partial charge >= 0.3 is 6.09 Å². The summed E-state index contributed by atoms with van der Waals surface area (Å²) >= 11 is 1.35. The molecular formula is C20H20N2O5S. The summed E-state index contributed by atoms with van der Waals surface area (Å²) in [6.07, 6.45) is -0.0871. The Morgan fingerprint density at radius 3 is 2.54 bits per heavy atom. The SMILES string of the molecule is O=C(CCC(=O)Nc1ccccc1N1CCOC1=O)CCC(=O)c1cccs1. The highest BCUT2D eigenvalue weighted by Crippen LogP contribution is 2.28. The van der Waals surface area contributed by atoms with Gasteiger partial charge in [0.2, 0.25) is 5.91 Å². The quantitative estimate of drug-likeness (QED) is 0.649. The van der Waals surface area contributed by atoms with Gasteiger partial charge in [-0.3, -0.25) is 19.3 Å². The summed E-state index contributed by atoms with van der Waals surface area (Å²) in [5.74, 6) is -0.506. The third-order valence-electron chi connectivity index (χ3n) is 4.29. The van der Waals surface area contributed by atoms with Crippen molar-refractivity contribution < 1.29 is 23.9 Å². The van der Waals surface area contributed by atoms with Crippen molar-refractivity contribution in [2.75, 3.05) is 23.4 Å². The number of hydrogen-bond acceptors (Lipinski definition) is 6. The van der Waals surface area contributed by atoms with Crippen molar-refractivity contribution in [3.8, 4) is 0 Å². The number of amides is 2. The minimum atomic E-state index is -0.452. The lowest BCUT2D eigenvalue weighted by molar-refractivity contribution is -0.122. The number of ketones is 2. The molecule has 7 nitrogen and oxygen atoms in total. The summed E-state index contributed by atoms with van der Waals surface area (Å²) < 4.78 is 4.93. The van der Waals surface area contributed by atoms with E-state index in [2.05, 4.69) is 5.32 Å². The lowest BCUT2D eigenvalue weighted by Gasteiger charge is -2.17. The van der Waals surface area contributed by atoms with Crippen molar-refractivity contribution in [1.29, 1.82) is 0 Å². The minimum Gasteiger partial charge on any atom is -0.447 e. The van der Waals surface area contributed by atoms with Gasteiger partial charge in [0.15, 0.2) is 5.78 Å². The Labute approximate surface area is 166 Å². The zero-order valence-electron chi connectivity index (χ0n) is 15.2. The van der Waals surface area contributed by atoms with Gasteiger partial charge in [-0.05, 0) is 23.6 Å². The molecular weight excluding hydrogens is 380 g/mol. The topological polar surface area (TPSA) is 92.8 Å². The van der Waals surface area contributed by atoms with E-state index in [1.807, 2.05) is 5.38 Å². The number of nitrogens with one attached hydrogen (secondary N) is 1. The third-order valence-corrected chi connectivity index (χ3v) is 5.20. The van der Waals surface area contributed by atoms with Crippen LogP contribution in [0.2, 0.25) is 0 Å². The van der Waals surface area contributed by atoms with E-state index in [1.165, 1.54) is 16.2 Å². The highest BCUT2D eigenvalue weighted by molar-refractivity contribution is 7.12. The number of benzene rings is 1. The number of nitrogens with zero attached hydrogens (tertiary/aromatic N) is 1. The summed E-state index contributed by atoms with van der Waals surface area (Å²) in [6, 6.07) is 10.5. The third kappa shape index (κ3) is 5.04. The minimum absolute atomic E-state index is 0.0187. The smallest absolute Gasteiger partial charge is 0.414 e. The monoisotopic (exact) mass is 400 g/mol. The number of Topliss-reactive ketones (excluding diaryl/α,β-unsaturated/α-hetero) is 2. The van der Waals surface area contributed by atoms with E-state index in [9.17, 15) is 19.2 Å². The molecule has 0 radical (unpaired) electrons. The number of anilines is 2. The van der Waals surface area contributed by atoms with Gasteiger partial charge in [-0.25, -0.2) is 4.79 Å². The predicted octanol–water partition coefficient (Wildman–Crippen LogP) is 3.66. The second kappa shape index (κ2) is 9.27. The maximum atomic E-state index is 12.2. The Hall–Kier alpha value is -3.00. The zero-order valence-corrected chi connectivity index (χ0v) is 16.0. The van der Waals surface area contributed by atoms with Gasteiger partial charge in [0.1, 0.15) is 12.4 Å². The number of thiophene rings is 1. The van der Waals surface area contributed by atoms with E-state index in [0.717, 1.165) is 0 Å². The Kier molecular flexibility index (Phi) is 6.54. The van der Waals surface area contributed by atoms with Gasteiger partial charge in [-0.2, -0.15) is 0 Å². The van der Waals surface area contributed by atoms with Gasteiger partial charge in [0.25, 0.3) is 0 Å². The van der Waals surface area contributed by atoms with Crippen LogP contribution in [0.5, 0.6) is 0 Å². The van der Waals surface area contributed by atoms with E-state index in [1.54, 1.807) is 36.4 Å². The number of rotatable bonds is 9. The molecule has 1 N–H and O–H groups in total. The summed E-state index contributed by atoms with van der Waals surface area (Å²) in [7, 11) is 0. The van der Waals surface area contributed by atoms with Gasteiger partial charge in [-0.15, -0.1) is 11.3 Å². The fraction of sp³-hybridized carbons (Fsp3) is 0.300. The molecule has 2 amide bonds. The van der Waals surface area contributed by atoms with Crippen molar-refractivity contribution >= 4 is 46.3 Å². The molecule has 0 aliphatic carbocycles. The summed E-state index contributed by atoms with van der Waals surface area (Å²) in [5.41, 5.74) is 1.05. The van der Waals surface area contributed by atoms with E-state index < -0.39 is 6.09 Å². The molecule has 28 heavy (non-hydrogen) atoms. The van der Waals surface area contributed by atoms with E-state index >= 15 is 0 Å².